The Morgan fingerprint density at radius 3 is 1.64 bits per heavy atom. The molecule has 0 aromatic heterocycles. The van der Waals surface area contributed by atoms with Crippen molar-refractivity contribution < 1.29 is 4.79 Å². The van der Waals surface area contributed by atoms with Crippen LogP contribution < -0.4 is 11.1 Å². The number of rotatable bonds is 16. The van der Waals surface area contributed by atoms with Crippen molar-refractivity contribution >= 4 is 5.91 Å². The molecule has 1 atom stereocenters. The lowest BCUT2D eigenvalue weighted by Crippen LogP contribution is -2.34. The largest absolute Gasteiger partial charge is 0.355 e. The van der Waals surface area contributed by atoms with Crippen LogP contribution in [0, 0.1) is 0 Å². The standard InChI is InChI=1S/C19H40N2O/c1-3-4-5-6-7-8-9-10-11-12-13-14-15-16-19(22)21-17-18(2)20/h18H,3-17,20H2,1-2H3,(H,21,22). The van der Waals surface area contributed by atoms with Gasteiger partial charge in [0.05, 0.1) is 0 Å². The molecule has 0 aromatic rings. The lowest BCUT2D eigenvalue weighted by atomic mass is 10.0. The summed E-state index contributed by atoms with van der Waals surface area (Å²) in [5, 5.41) is 2.86. The molecule has 132 valence electrons. The molecule has 3 heteroatoms. The molecular formula is C19H40N2O. The third-order valence-corrected chi connectivity index (χ3v) is 4.13. The maximum absolute atomic E-state index is 11.5. The van der Waals surface area contributed by atoms with E-state index in [-0.39, 0.29) is 11.9 Å². The molecule has 0 saturated carbocycles. The van der Waals surface area contributed by atoms with Crippen molar-refractivity contribution in [1.82, 2.24) is 5.32 Å². The van der Waals surface area contributed by atoms with Crippen LogP contribution in [0.2, 0.25) is 0 Å². The summed E-state index contributed by atoms with van der Waals surface area (Å²) < 4.78 is 0. The molecule has 0 aliphatic rings. The lowest BCUT2D eigenvalue weighted by molar-refractivity contribution is -0.121. The fourth-order valence-corrected chi connectivity index (χ4v) is 2.67. The Labute approximate surface area is 138 Å². The van der Waals surface area contributed by atoms with Gasteiger partial charge in [0.2, 0.25) is 5.91 Å². The van der Waals surface area contributed by atoms with Crippen LogP contribution in [0.15, 0.2) is 0 Å². The van der Waals surface area contributed by atoms with Crippen LogP contribution in [0.25, 0.3) is 0 Å². The van der Waals surface area contributed by atoms with E-state index in [0.717, 1.165) is 6.42 Å². The Morgan fingerprint density at radius 1 is 0.818 bits per heavy atom. The third kappa shape index (κ3) is 17.5. The number of nitrogens with one attached hydrogen (secondary N) is 1. The molecule has 0 radical (unpaired) electrons. The van der Waals surface area contributed by atoms with E-state index in [1.165, 1.54) is 77.0 Å². The first kappa shape index (κ1) is 21.4. The van der Waals surface area contributed by atoms with Gasteiger partial charge in [0.25, 0.3) is 0 Å². The molecule has 0 spiro atoms. The van der Waals surface area contributed by atoms with Crippen molar-refractivity contribution in [1.29, 1.82) is 0 Å². The van der Waals surface area contributed by atoms with Crippen molar-refractivity contribution in [3.05, 3.63) is 0 Å². The molecule has 0 fully saturated rings. The molecule has 22 heavy (non-hydrogen) atoms. The van der Waals surface area contributed by atoms with E-state index in [1.54, 1.807) is 0 Å². The van der Waals surface area contributed by atoms with Crippen molar-refractivity contribution in [2.24, 2.45) is 5.73 Å². The number of carbonyl (C=O) groups excluding carboxylic acids is 1. The van der Waals surface area contributed by atoms with Gasteiger partial charge in [-0.2, -0.15) is 0 Å². The van der Waals surface area contributed by atoms with Crippen LogP contribution in [-0.4, -0.2) is 18.5 Å². The summed E-state index contributed by atoms with van der Waals surface area (Å²) in [6, 6.07) is 0.0515. The van der Waals surface area contributed by atoms with E-state index in [4.69, 9.17) is 5.73 Å². The zero-order chi connectivity index (χ0) is 16.5. The zero-order valence-corrected chi connectivity index (χ0v) is 15.2. The van der Waals surface area contributed by atoms with Crippen LogP contribution in [0.1, 0.15) is 104 Å². The average molecular weight is 313 g/mol. The molecule has 0 heterocycles. The first-order chi connectivity index (χ1) is 10.7. The Kier molecular flexibility index (Phi) is 16.4. The smallest absolute Gasteiger partial charge is 0.220 e. The van der Waals surface area contributed by atoms with Crippen molar-refractivity contribution in [2.75, 3.05) is 6.54 Å². The number of hydrogen-bond acceptors (Lipinski definition) is 2. The van der Waals surface area contributed by atoms with Gasteiger partial charge >= 0.3 is 0 Å². The maximum atomic E-state index is 11.5. The molecule has 0 aliphatic carbocycles. The Bertz CT molecular complexity index is 242. The fourth-order valence-electron chi connectivity index (χ4n) is 2.67. The molecule has 0 aliphatic heterocycles. The molecule has 0 saturated heterocycles. The minimum atomic E-state index is 0.0515. The van der Waals surface area contributed by atoms with E-state index in [9.17, 15) is 4.79 Å². The molecular weight excluding hydrogens is 272 g/mol. The Hall–Kier alpha value is -0.570. The molecule has 3 nitrogen and oxygen atoms in total. The predicted molar refractivity (Wildman–Crippen MR) is 97.0 cm³/mol. The van der Waals surface area contributed by atoms with Gasteiger partial charge in [-0.3, -0.25) is 4.79 Å². The van der Waals surface area contributed by atoms with Crippen LogP contribution in [0.5, 0.6) is 0 Å². The van der Waals surface area contributed by atoms with Gasteiger partial charge in [0.15, 0.2) is 0 Å². The minimum Gasteiger partial charge on any atom is -0.355 e. The lowest BCUT2D eigenvalue weighted by Gasteiger charge is -2.07. The summed E-state index contributed by atoms with van der Waals surface area (Å²) in [6.45, 7) is 4.77. The van der Waals surface area contributed by atoms with Crippen molar-refractivity contribution in [2.45, 2.75) is 110 Å². The van der Waals surface area contributed by atoms with Gasteiger partial charge in [0, 0.05) is 19.0 Å². The van der Waals surface area contributed by atoms with Crippen molar-refractivity contribution in [3.8, 4) is 0 Å². The van der Waals surface area contributed by atoms with E-state index in [2.05, 4.69) is 12.2 Å². The fraction of sp³-hybridized carbons (Fsp3) is 0.947. The van der Waals surface area contributed by atoms with Gasteiger partial charge in [-0.15, -0.1) is 0 Å². The predicted octanol–water partition coefficient (Wildman–Crippen LogP) is 4.93. The van der Waals surface area contributed by atoms with Crippen molar-refractivity contribution in [3.63, 3.8) is 0 Å². The SMILES string of the molecule is CCCCCCCCCCCCCCCC(=O)NCC(C)N. The van der Waals surface area contributed by atoms with Gasteiger partial charge in [-0.05, 0) is 13.3 Å². The number of amides is 1. The molecule has 0 bridgehead atoms. The highest BCUT2D eigenvalue weighted by Gasteiger charge is 2.01. The van der Waals surface area contributed by atoms with Crippen LogP contribution in [0.3, 0.4) is 0 Å². The van der Waals surface area contributed by atoms with Gasteiger partial charge in [0.1, 0.15) is 0 Å². The normalized spacial score (nSPS) is 12.3. The molecule has 3 N–H and O–H groups in total. The summed E-state index contributed by atoms with van der Waals surface area (Å²) in [5.41, 5.74) is 5.60. The van der Waals surface area contributed by atoms with Gasteiger partial charge in [-0.25, -0.2) is 0 Å². The summed E-state index contributed by atoms with van der Waals surface area (Å²) in [4.78, 5) is 11.5. The highest BCUT2D eigenvalue weighted by Crippen LogP contribution is 2.12. The second-order valence-electron chi connectivity index (χ2n) is 6.77. The summed E-state index contributed by atoms with van der Waals surface area (Å²) in [5.74, 6) is 0.153. The van der Waals surface area contributed by atoms with E-state index in [0.29, 0.717) is 13.0 Å². The van der Waals surface area contributed by atoms with Gasteiger partial charge in [-0.1, -0.05) is 84.0 Å². The van der Waals surface area contributed by atoms with Crippen LogP contribution in [0.4, 0.5) is 0 Å². The quantitative estimate of drug-likeness (QED) is 0.397. The second-order valence-corrected chi connectivity index (χ2v) is 6.77. The first-order valence-electron chi connectivity index (χ1n) is 9.69. The monoisotopic (exact) mass is 312 g/mol. The zero-order valence-electron chi connectivity index (χ0n) is 15.2. The highest BCUT2D eigenvalue weighted by atomic mass is 16.1. The van der Waals surface area contributed by atoms with E-state index >= 15 is 0 Å². The number of carbonyl (C=O) groups is 1. The Morgan fingerprint density at radius 2 is 1.23 bits per heavy atom. The maximum Gasteiger partial charge on any atom is 0.220 e. The minimum absolute atomic E-state index is 0.0515. The van der Waals surface area contributed by atoms with E-state index in [1.807, 2.05) is 6.92 Å². The van der Waals surface area contributed by atoms with Crippen LogP contribution >= 0.6 is 0 Å². The van der Waals surface area contributed by atoms with Crippen LogP contribution in [-0.2, 0) is 4.79 Å². The molecule has 0 aromatic carbocycles. The first-order valence-corrected chi connectivity index (χ1v) is 9.69. The number of hydrogen-bond donors (Lipinski definition) is 2. The number of nitrogens with two attached hydrogens (primary N) is 1. The highest BCUT2D eigenvalue weighted by molar-refractivity contribution is 5.75. The van der Waals surface area contributed by atoms with Gasteiger partial charge < -0.3 is 11.1 Å². The number of unbranched alkanes of at least 4 members (excludes halogenated alkanes) is 12. The van der Waals surface area contributed by atoms with E-state index < -0.39 is 0 Å². The molecule has 0 rings (SSSR count). The second kappa shape index (κ2) is 16.8. The molecule has 1 amide bonds. The molecule has 1 unspecified atom stereocenters. The third-order valence-electron chi connectivity index (χ3n) is 4.13. The summed E-state index contributed by atoms with van der Waals surface area (Å²) in [6.07, 6.45) is 18.1. The topological polar surface area (TPSA) is 55.1 Å². The summed E-state index contributed by atoms with van der Waals surface area (Å²) in [7, 11) is 0. The average Bonchev–Trinajstić information content (AvgIpc) is 2.49. The Balaban J connectivity index is 3.09. The summed E-state index contributed by atoms with van der Waals surface area (Å²) >= 11 is 0.